The highest BCUT2D eigenvalue weighted by Crippen LogP contribution is 2.48. The molecule has 3 fully saturated rings. The van der Waals surface area contributed by atoms with Crippen molar-refractivity contribution in [2.75, 3.05) is 33.3 Å². The lowest BCUT2D eigenvalue weighted by Crippen LogP contribution is -2.54. The minimum Gasteiger partial charge on any atom is -0.497 e. The molecule has 3 aliphatic rings. The molecule has 136 valence electrons. The summed E-state index contributed by atoms with van der Waals surface area (Å²) in [6.45, 7) is 3.39. The molecule has 0 aromatic heterocycles. The normalized spacial score (nSPS) is 32.6. The minimum absolute atomic E-state index is 0.150. The number of piperazine rings is 1. The van der Waals surface area contributed by atoms with Crippen LogP contribution in [-0.4, -0.2) is 66.2 Å². The molecule has 0 unspecified atom stereocenters. The van der Waals surface area contributed by atoms with Crippen LogP contribution in [0.25, 0.3) is 0 Å². The van der Waals surface area contributed by atoms with Gasteiger partial charge in [0.15, 0.2) is 0 Å². The number of aliphatic hydroxyl groups is 1. The molecule has 2 aliphatic carbocycles. The molecule has 1 amide bonds. The van der Waals surface area contributed by atoms with Crippen molar-refractivity contribution in [2.24, 2.45) is 5.92 Å². The lowest BCUT2D eigenvalue weighted by Gasteiger charge is -2.39. The lowest BCUT2D eigenvalue weighted by molar-refractivity contribution is -0.135. The van der Waals surface area contributed by atoms with Gasteiger partial charge in [0.25, 0.3) is 0 Å². The van der Waals surface area contributed by atoms with Crippen LogP contribution in [0.15, 0.2) is 24.3 Å². The maximum absolute atomic E-state index is 12.8. The molecule has 1 aromatic carbocycles. The Morgan fingerprint density at radius 2 is 1.84 bits per heavy atom. The summed E-state index contributed by atoms with van der Waals surface area (Å²) >= 11 is 0. The van der Waals surface area contributed by atoms with Gasteiger partial charge < -0.3 is 14.7 Å². The Morgan fingerprint density at radius 1 is 1.12 bits per heavy atom. The summed E-state index contributed by atoms with van der Waals surface area (Å²) in [6, 6.07) is 8.42. The van der Waals surface area contributed by atoms with Gasteiger partial charge in [0.2, 0.25) is 5.91 Å². The van der Waals surface area contributed by atoms with E-state index in [9.17, 15) is 9.90 Å². The number of hydrogen-bond acceptors (Lipinski definition) is 4. The van der Waals surface area contributed by atoms with Crippen LogP contribution in [0, 0.1) is 5.92 Å². The minimum atomic E-state index is -0.176. The van der Waals surface area contributed by atoms with Crippen molar-refractivity contribution in [1.82, 2.24) is 9.80 Å². The molecule has 1 aliphatic heterocycles. The fourth-order valence-corrected chi connectivity index (χ4v) is 4.54. The molecule has 5 nitrogen and oxygen atoms in total. The van der Waals surface area contributed by atoms with E-state index in [2.05, 4.69) is 17.0 Å². The standard InChI is InChI=1S/C20H28N2O3/c1-25-15-7-5-14(6-8-15)16-13-17(16)20(24)22-11-9-21(10-12-22)18-3-2-4-19(18)23/h5-8,16-19,23H,2-4,9-13H2,1H3/t16-,17-,18+,19-/m0/s1. The fourth-order valence-electron chi connectivity index (χ4n) is 4.54. The predicted octanol–water partition coefficient (Wildman–Crippen LogP) is 1.86. The molecule has 1 N–H and O–H groups in total. The van der Waals surface area contributed by atoms with Crippen LogP contribution in [0.5, 0.6) is 5.75 Å². The average Bonchev–Trinajstić information content (AvgIpc) is 3.35. The van der Waals surface area contributed by atoms with E-state index in [4.69, 9.17) is 4.74 Å². The van der Waals surface area contributed by atoms with Crippen molar-refractivity contribution in [3.05, 3.63) is 29.8 Å². The molecule has 4 rings (SSSR count). The molecule has 25 heavy (non-hydrogen) atoms. The first-order valence-electron chi connectivity index (χ1n) is 9.52. The molecule has 4 atom stereocenters. The Kier molecular flexibility index (Phi) is 4.69. The Labute approximate surface area is 149 Å². The van der Waals surface area contributed by atoms with E-state index in [1.807, 2.05) is 17.0 Å². The van der Waals surface area contributed by atoms with E-state index >= 15 is 0 Å². The number of aliphatic hydroxyl groups excluding tert-OH is 1. The van der Waals surface area contributed by atoms with Crippen molar-refractivity contribution in [1.29, 1.82) is 0 Å². The predicted molar refractivity (Wildman–Crippen MR) is 95.6 cm³/mol. The second kappa shape index (κ2) is 6.96. The number of benzene rings is 1. The molecular formula is C20H28N2O3. The van der Waals surface area contributed by atoms with E-state index in [0.29, 0.717) is 17.9 Å². The van der Waals surface area contributed by atoms with E-state index in [1.54, 1.807) is 7.11 Å². The first-order chi connectivity index (χ1) is 12.2. The van der Waals surface area contributed by atoms with E-state index in [1.165, 1.54) is 5.56 Å². The molecule has 1 aromatic rings. The average molecular weight is 344 g/mol. The van der Waals surface area contributed by atoms with Crippen LogP contribution < -0.4 is 4.74 Å². The lowest BCUT2D eigenvalue weighted by atomic mass is 10.1. The van der Waals surface area contributed by atoms with Crippen molar-refractivity contribution in [3.8, 4) is 5.75 Å². The summed E-state index contributed by atoms with van der Waals surface area (Å²) in [5, 5.41) is 10.1. The molecule has 5 heteroatoms. The Balaban J connectivity index is 1.29. The van der Waals surface area contributed by atoms with Gasteiger partial charge in [0.1, 0.15) is 5.75 Å². The highest BCUT2D eigenvalue weighted by molar-refractivity contribution is 5.83. The van der Waals surface area contributed by atoms with Crippen LogP contribution >= 0.6 is 0 Å². The first-order valence-corrected chi connectivity index (χ1v) is 9.52. The van der Waals surface area contributed by atoms with Gasteiger partial charge in [-0.3, -0.25) is 9.69 Å². The quantitative estimate of drug-likeness (QED) is 0.906. The monoisotopic (exact) mass is 344 g/mol. The van der Waals surface area contributed by atoms with Gasteiger partial charge in [-0.15, -0.1) is 0 Å². The third-order valence-corrected chi connectivity index (χ3v) is 6.19. The second-order valence-corrected chi connectivity index (χ2v) is 7.65. The largest absolute Gasteiger partial charge is 0.497 e. The van der Waals surface area contributed by atoms with Gasteiger partial charge in [-0.2, -0.15) is 0 Å². The SMILES string of the molecule is COc1ccc([C@@H]2C[C@@H]2C(=O)N2CCN([C@@H]3CCC[C@@H]3O)CC2)cc1. The van der Waals surface area contributed by atoms with Gasteiger partial charge in [-0.05, 0) is 49.3 Å². The molecule has 1 saturated heterocycles. The number of carbonyl (C=O) groups excluding carboxylic acids is 1. The number of methoxy groups -OCH3 is 1. The zero-order chi connectivity index (χ0) is 17.4. The molecule has 0 bridgehead atoms. The van der Waals surface area contributed by atoms with Crippen LogP contribution in [0.4, 0.5) is 0 Å². The van der Waals surface area contributed by atoms with Gasteiger partial charge in [-0.1, -0.05) is 12.1 Å². The van der Waals surface area contributed by atoms with Gasteiger partial charge in [0, 0.05) is 38.1 Å². The molecule has 1 heterocycles. The first kappa shape index (κ1) is 16.9. The van der Waals surface area contributed by atoms with Crippen LogP contribution in [0.1, 0.15) is 37.2 Å². The van der Waals surface area contributed by atoms with Crippen molar-refractivity contribution >= 4 is 5.91 Å². The van der Waals surface area contributed by atoms with Gasteiger partial charge in [0.05, 0.1) is 13.2 Å². The summed E-state index contributed by atoms with van der Waals surface area (Å²) in [4.78, 5) is 17.2. The van der Waals surface area contributed by atoms with E-state index in [-0.39, 0.29) is 12.0 Å². The van der Waals surface area contributed by atoms with E-state index < -0.39 is 0 Å². The van der Waals surface area contributed by atoms with Crippen molar-refractivity contribution < 1.29 is 14.6 Å². The highest BCUT2D eigenvalue weighted by Gasteiger charge is 2.46. The second-order valence-electron chi connectivity index (χ2n) is 7.65. The topological polar surface area (TPSA) is 53.0 Å². The Hall–Kier alpha value is -1.59. The summed E-state index contributed by atoms with van der Waals surface area (Å²) in [5.41, 5.74) is 1.24. The summed E-state index contributed by atoms with van der Waals surface area (Å²) in [7, 11) is 1.67. The maximum Gasteiger partial charge on any atom is 0.226 e. The van der Waals surface area contributed by atoms with Gasteiger partial charge >= 0.3 is 0 Å². The fraction of sp³-hybridized carbons (Fsp3) is 0.650. The third kappa shape index (κ3) is 3.40. The zero-order valence-electron chi connectivity index (χ0n) is 14.9. The maximum atomic E-state index is 12.8. The van der Waals surface area contributed by atoms with Crippen LogP contribution in [0.3, 0.4) is 0 Å². The van der Waals surface area contributed by atoms with Gasteiger partial charge in [-0.25, -0.2) is 0 Å². The summed E-state index contributed by atoms with van der Waals surface area (Å²) in [5.74, 6) is 1.69. The zero-order valence-corrected chi connectivity index (χ0v) is 14.9. The number of nitrogens with zero attached hydrogens (tertiary/aromatic N) is 2. The number of hydrogen-bond donors (Lipinski definition) is 1. The Morgan fingerprint density at radius 3 is 2.44 bits per heavy atom. The molecular weight excluding hydrogens is 316 g/mol. The highest BCUT2D eigenvalue weighted by atomic mass is 16.5. The summed E-state index contributed by atoms with van der Waals surface area (Å²) < 4.78 is 5.20. The molecule has 0 radical (unpaired) electrons. The number of amides is 1. The van der Waals surface area contributed by atoms with Crippen LogP contribution in [0.2, 0.25) is 0 Å². The molecule has 2 saturated carbocycles. The van der Waals surface area contributed by atoms with Crippen LogP contribution in [-0.2, 0) is 4.79 Å². The number of carbonyl (C=O) groups is 1. The molecule has 0 spiro atoms. The van der Waals surface area contributed by atoms with E-state index in [0.717, 1.165) is 57.6 Å². The Bertz CT molecular complexity index is 610. The third-order valence-electron chi connectivity index (χ3n) is 6.19. The number of rotatable bonds is 4. The van der Waals surface area contributed by atoms with Crippen molar-refractivity contribution in [3.63, 3.8) is 0 Å². The summed E-state index contributed by atoms with van der Waals surface area (Å²) in [6.07, 6.45) is 3.93. The smallest absolute Gasteiger partial charge is 0.226 e. The number of ether oxygens (including phenoxy) is 1. The van der Waals surface area contributed by atoms with Crippen molar-refractivity contribution in [2.45, 2.75) is 43.7 Å².